The van der Waals surface area contributed by atoms with E-state index in [1.165, 1.54) is 11.3 Å². The fraction of sp³-hybridized carbons (Fsp3) is 0.571. The number of likely N-dealkylation sites (N-methyl/N-ethyl adjacent to an activating group) is 1. The van der Waals surface area contributed by atoms with Gasteiger partial charge in [-0.2, -0.15) is 0 Å². The summed E-state index contributed by atoms with van der Waals surface area (Å²) in [5, 5.41) is 0. The molecule has 0 aliphatic heterocycles. The van der Waals surface area contributed by atoms with Crippen molar-refractivity contribution in [2.75, 3.05) is 31.7 Å². The Morgan fingerprint density at radius 2 is 1.88 bits per heavy atom. The lowest BCUT2D eigenvalue weighted by atomic mass is 10.1. The van der Waals surface area contributed by atoms with E-state index in [0.717, 1.165) is 26.1 Å². The number of nitrogens with zero attached hydrogens (tertiary/aromatic N) is 1. The van der Waals surface area contributed by atoms with Crippen LogP contribution in [-0.4, -0.2) is 26.8 Å². The van der Waals surface area contributed by atoms with Gasteiger partial charge >= 0.3 is 0 Å². The predicted molar refractivity (Wildman–Crippen MR) is 73.4 cm³/mol. The number of hydrogen-bond acceptors (Lipinski definition) is 3. The number of benzene rings is 1. The second-order valence-corrected chi connectivity index (χ2v) is 4.18. The first-order valence-corrected chi connectivity index (χ1v) is 6.32. The first-order chi connectivity index (χ1) is 8.22. The summed E-state index contributed by atoms with van der Waals surface area (Å²) < 4.78 is 5.11. The Labute approximate surface area is 105 Å². The smallest absolute Gasteiger partial charge is 0.0637 e. The first-order valence-electron chi connectivity index (χ1n) is 6.32. The van der Waals surface area contributed by atoms with Gasteiger partial charge < -0.3 is 15.4 Å². The minimum Gasteiger partial charge on any atom is -0.383 e. The molecule has 3 nitrogen and oxygen atoms in total. The SMILES string of the molecule is CC[C@@H](N)c1ccc(N(CC)CCOC)cc1. The van der Waals surface area contributed by atoms with Crippen molar-refractivity contribution in [2.45, 2.75) is 26.3 Å². The van der Waals surface area contributed by atoms with E-state index in [0.29, 0.717) is 0 Å². The lowest BCUT2D eigenvalue weighted by molar-refractivity contribution is 0.205. The predicted octanol–water partition coefficient (Wildman–Crippen LogP) is 2.57. The lowest BCUT2D eigenvalue weighted by Crippen LogP contribution is -2.26. The minimum atomic E-state index is 0.151. The van der Waals surface area contributed by atoms with Crippen LogP contribution in [0.3, 0.4) is 0 Å². The molecule has 3 heteroatoms. The standard InChI is InChI=1S/C14H24N2O/c1-4-14(15)12-6-8-13(9-7-12)16(5-2)10-11-17-3/h6-9,14H,4-5,10-11,15H2,1-3H3/t14-/m1/s1. The Morgan fingerprint density at radius 3 is 2.35 bits per heavy atom. The van der Waals surface area contributed by atoms with Gasteiger partial charge in [0.2, 0.25) is 0 Å². The van der Waals surface area contributed by atoms with E-state index >= 15 is 0 Å². The van der Waals surface area contributed by atoms with Gasteiger partial charge in [0.05, 0.1) is 6.61 Å². The van der Waals surface area contributed by atoms with Crippen LogP contribution in [0.4, 0.5) is 5.69 Å². The molecular weight excluding hydrogens is 212 g/mol. The zero-order valence-corrected chi connectivity index (χ0v) is 11.1. The van der Waals surface area contributed by atoms with Crippen molar-refractivity contribution in [3.8, 4) is 0 Å². The minimum absolute atomic E-state index is 0.151. The molecule has 0 unspecified atom stereocenters. The molecule has 0 aliphatic rings. The van der Waals surface area contributed by atoms with Gasteiger partial charge in [-0.25, -0.2) is 0 Å². The fourth-order valence-corrected chi connectivity index (χ4v) is 1.84. The van der Waals surface area contributed by atoms with Crippen molar-refractivity contribution in [3.63, 3.8) is 0 Å². The van der Waals surface area contributed by atoms with E-state index in [-0.39, 0.29) is 6.04 Å². The average Bonchev–Trinajstić information content (AvgIpc) is 2.39. The van der Waals surface area contributed by atoms with Crippen LogP contribution in [0, 0.1) is 0 Å². The van der Waals surface area contributed by atoms with Crippen LogP contribution < -0.4 is 10.6 Å². The molecule has 2 N–H and O–H groups in total. The number of nitrogens with two attached hydrogens (primary N) is 1. The second kappa shape index (κ2) is 7.30. The molecule has 0 spiro atoms. The molecule has 0 fully saturated rings. The first kappa shape index (κ1) is 14.0. The third-order valence-electron chi connectivity index (χ3n) is 3.07. The molecule has 0 bridgehead atoms. The molecule has 1 aromatic rings. The Balaban J connectivity index is 2.70. The number of rotatable bonds is 7. The van der Waals surface area contributed by atoms with Crippen LogP contribution in [0.2, 0.25) is 0 Å². The molecule has 17 heavy (non-hydrogen) atoms. The van der Waals surface area contributed by atoms with Gasteiger partial charge in [-0.3, -0.25) is 0 Å². The van der Waals surface area contributed by atoms with Gasteiger partial charge in [0, 0.05) is 31.9 Å². The average molecular weight is 236 g/mol. The van der Waals surface area contributed by atoms with Crippen molar-refractivity contribution in [3.05, 3.63) is 29.8 Å². The molecule has 1 aromatic carbocycles. The maximum absolute atomic E-state index is 6.00. The molecule has 0 saturated heterocycles. The van der Waals surface area contributed by atoms with Gasteiger partial charge in [-0.05, 0) is 31.0 Å². The summed E-state index contributed by atoms with van der Waals surface area (Å²) in [5.41, 5.74) is 8.44. The van der Waals surface area contributed by atoms with E-state index in [4.69, 9.17) is 10.5 Å². The summed E-state index contributed by atoms with van der Waals surface area (Å²) in [6.45, 7) is 6.93. The van der Waals surface area contributed by atoms with Crippen molar-refractivity contribution in [2.24, 2.45) is 5.73 Å². The molecule has 0 heterocycles. The molecular formula is C14H24N2O. The van der Waals surface area contributed by atoms with Crippen molar-refractivity contribution in [1.29, 1.82) is 0 Å². The van der Waals surface area contributed by atoms with E-state index < -0.39 is 0 Å². The summed E-state index contributed by atoms with van der Waals surface area (Å²) in [5.74, 6) is 0. The summed E-state index contributed by atoms with van der Waals surface area (Å²) in [4.78, 5) is 2.30. The topological polar surface area (TPSA) is 38.5 Å². The summed E-state index contributed by atoms with van der Waals surface area (Å²) in [7, 11) is 1.73. The highest BCUT2D eigenvalue weighted by Gasteiger charge is 2.06. The van der Waals surface area contributed by atoms with Crippen LogP contribution in [0.25, 0.3) is 0 Å². The second-order valence-electron chi connectivity index (χ2n) is 4.18. The van der Waals surface area contributed by atoms with Crippen molar-refractivity contribution in [1.82, 2.24) is 0 Å². The molecule has 96 valence electrons. The molecule has 1 atom stereocenters. The van der Waals surface area contributed by atoms with E-state index in [2.05, 4.69) is 43.0 Å². The Hall–Kier alpha value is -1.06. The van der Waals surface area contributed by atoms with E-state index in [1.807, 2.05) is 0 Å². The quantitative estimate of drug-likeness (QED) is 0.790. The molecule has 0 radical (unpaired) electrons. The van der Waals surface area contributed by atoms with Gasteiger partial charge in [-0.15, -0.1) is 0 Å². The van der Waals surface area contributed by atoms with Crippen LogP contribution in [-0.2, 0) is 4.74 Å². The van der Waals surface area contributed by atoms with Crippen molar-refractivity contribution >= 4 is 5.69 Å². The monoisotopic (exact) mass is 236 g/mol. The Bertz CT molecular complexity index is 311. The fourth-order valence-electron chi connectivity index (χ4n) is 1.84. The third-order valence-corrected chi connectivity index (χ3v) is 3.07. The maximum Gasteiger partial charge on any atom is 0.0637 e. The normalized spacial score (nSPS) is 12.5. The van der Waals surface area contributed by atoms with Crippen molar-refractivity contribution < 1.29 is 4.74 Å². The zero-order valence-electron chi connectivity index (χ0n) is 11.1. The number of anilines is 1. The number of ether oxygens (including phenoxy) is 1. The van der Waals surface area contributed by atoms with Crippen LogP contribution in [0.5, 0.6) is 0 Å². The zero-order chi connectivity index (χ0) is 12.7. The molecule has 0 saturated carbocycles. The van der Waals surface area contributed by atoms with Gasteiger partial charge in [0.25, 0.3) is 0 Å². The molecule has 1 rings (SSSR count). The molecule has 0 aromatic heterocycles. The van der Waals surface area contributed by atoms with Gasteiger partial charge in [0.15, 0.2) is 0 Å². The lowest BCUT2D eigenvalue weighted by Gasteiger charge is -2.23. The van der Waals surface area contributed by atoms with Gasteiger partial charge in [-0.1, -0.05) is 19.1 Å². The van der Waals surface area contributed by atoms with E-state index in [9.17, 15) is 0 Å². The maximum atomic E-state index is 6.00. The van der Waals surface area contributed by atoms with Crippen LogP contribution in [0.15, 0.2) is 24.3 Å². The molecule has 0 amide bonds. The number of methoxy groups -OCH3 is 1. The van der Waals surface area contributed by atoms with E-state index in [1.54, 1.807) is 7.11 Å². The summed E-state index contributed by atoms with van der Waals surface area (Å²) >= 11 is 0. The highest BCUT2D eigenvalue weighted by molar-refractivity contribution is 5.47. The van der Waals surface area contributed by atoms with Gasteiger partial charge in [0.1, 0.15) is 0 Å². The van der Waals surface area contributed by atoms with Crippen LogP contribution >= 0.6 is 0 Å². The molecule has 0 aliphatic carbocycles. The largest absolute Gasteiger partial charge is 0.383 e. The summed E-state index contributed by atoms with van der Waals surface area (Å²) in [6, 6.07) is 8.68. The highest BCUT2D eigenvalue weighted by atomic mass is 16.5. The summed E-state index contributed by atoms with van der Waals surface area (Å²) in [6.07, 6.45) is 0.973. The Kier molecular flexibility index (Phi) is 6.01. The number of hydrogen-bond donors (Lipinski definition) is 1. The van der Waals surface area contributed by atoms with Crippen LogP contribution in [0.1, 0.15) is 31.9 Å². The highest BCUT2D eigenvalue weighted by Crippen LogP contribution is 2.19. The Morgan fingerprint density at radius 1 is 1.24 bits per heavy atom. The third kappa shape index (κ3) is 4.02.